The van der Waals surface area contributed by atoms with Gasteiger partial charge in [0.25, 0.3) is 0 Å². The molecular formula is C11H19ClN4. The van der Waals surface area contributed by atoms with Crippen molar-refractivity contribution < 1.29 is 0 Å². The minimum absolute atomic E-state index is 0. The van der Waals surface area contributed by atoms with Crippen molar-refractivity contribution in [2.45, 2.75) is 19.8 Å². The van der Waals surface area contributed by atoms with Gasteiger partial charge in [-0.15, -0.1) is 12.4 Å². The van der Waals surface area contributed by atoms with Gasteiger partial charge in [-0.25, -0.2) is 4.98 Å². The van der Waals surface area contributed by atoms with Crippen LogP contribution in [0, 0.1) is 12.8 Å². The highest BCUT2D eigenvalue weighted by atomic mass is 35.5. The van der Waals surface area contributed by atoms with E-state index in [1.807, 2.05) is 6.92 Å². The first kappa shape index (κ1) is 13.2. The number of anilines is 1. The van der Waals surface area contributed by atoms with E-state index in [1.165, 1.54) is 19.4 Å². The Hall–Kier alpha value is -0.870. The molecule has 1 saturated heterocycles. The number of piperidine rings is 1. The minimum atomic E-state index is 0. The van der Waals surface area contributed by atoms with Crippen molar-refractivity contribution in [1.29, 1.82) is 0 Å². The molecule has 1 aliphatic rings. The molecule has 0 aliphatic carbocycles. The van der Waals surface area contributed by atoms with Crippen LogP contribution in [0.4, 0.5) is 5.82 Å². The van der Waals surface area contributed by atoms with Crippen molar-refractivity contribution in [3.8, 4) is 0 Å². The van der Waals surface area contributed by atoms with E-state index in [0.29, 0.717) is 0 Å². The second kappa shape index (κ2) is 6.66. The van der Waals surface area contributed by atoms with E-state index in [2.05, 4.69) is 20.6 Å². The van der Waals surface area contributed by atoms with Gasteiger partial charge in [0.1, 0.15) is 5.82 Å². The summed E-state index contributed by atoms with van der Waals surface area (Å²) in [7, 11) is 0. The summed E-state index contributed by atoms with van der Waals surface area (Å²) in [5.41, 5.74) is 0.973. The van der Waals surface area contributed by atoms with Crippen LogP contribution in [-0.4, -0.2) is 29.6 Å². The molecule has 0 radical (unpaired) electrons. The molecule has 2 N–H and O–H groups in total. The number of nitrogens with zero attached hydrogens (tertiary/aromatic N) is 2. The second-order valence-corrected chi connectivity index (χ2v) is 4.08. The fraction of sp³-hybridized carbons (Fsp3) is 0.636. The maximum absolute atomic E-state index is 4.27. The summed E-state index contributed by atoms with van der Waals surface area (Å²) in [6.45, 7) is 5.26. The molecule has 1 aromatic rings. The summed E-state index contributed by atoms with van der Waals surface area (Å²) in [4.78, 5) is 8.47. The first-order chi connectivity index (χ1) is 7.36. The summed E-state index contributed by atoms with van der Waals surface area (Å²) in [6, 6.07) is 0. The molecule has 0 aromatic carbocycles. The zero-order valence-electron chi connectivity index (χ0n) is 9.57. The lowest BCUT2D eigenvalue weighted by Crippen LogP contribution is -2.33. The lowest BCUT2D eigenvalue weighted by molar-refractivity contribution is 0.392. The zero-order chi connectivity index (χ0) is 10.5. The Kier molecular flexibility index (Phi) is 5.49. The van der Waals surface area contributed by atoms with Crippen LogP contribution >= 0.6 is 12.4 Å². The van der Waals surface area contributed by atoms with Gasteiger partial charge >= 0.3 is 0 Å². The van der Waals surface area contributed by atoms with E-state index in [4.69, 9.17) is 0 Å². The molecule has 0 spiro atoms. The maximum Gasteiger partial charge on any atom is 0.147 e. The van der Waals surface area contributed by atoms with Crippen molar-refractivity contribution >= 4 is 18.2 Å². The van der Waals surface area contributed by atoms with E-state index in [1.54, 1.807) is 12.4 Å². The van der Waals surface area contributed by atoms with E-state index < -0.39 is 0 Å². The van der Waals surface area contributed by atoms with Gasteiger partial charge in [-0.05, 0) is 38.8 Å². The molecule has 2 rings (SSSR count). The van der Waals surface area contributed by atoms with Crippen LogP contribution in [0.5, 0.6) is 0 Å². The Bertz CT molecular complexity index is 313. The number of nitrogens with one attached hydrogen (secondary N) is 2. The molecule has 16 heavy (non-hydrogen) atoms. The topological polar surface area (TPSA) is 49.8 Å². The first-order valence-electron chi connectivity index (χ1n) is 5.58. The Morgan fingerprint density at radius 1 is 1.44 bits per heavy atom. The number of halogens is 1. The lowest BCUT2D eigenvalue weighted by Gasteiger charge is -2.23. The van der Waals surface area contributed by atoms with Gasteiger partial charge in [-0.1, -0.05) is 0 Å². The largest absolute Gasteiger partial charge is 0.368 e. The number of rotatable bonds is 3. The summed E-state index contributed by atoms with van der Waals surface area (Å²) in [5, 5.41) is 6.78. The zero-order valence-corrected chi connectivity index (χ0v) is 10.4. The minimum Gasteiger partial charge on any atom is -0.368 e. The molecule has 90 valence electrons. The number of hydrogen-bond donors (Lipinski definition) is 2. The molecular weight excluding hydrogens is 224 g/mol. The third-order valence-electron chi connectivity index (χ3n) is 2.84. The Morgan fingerprint density at radius 3 is 2.94 bits per heavy atom. The van der Waals surface area contributed by atoms with Crippen molar-refractivity contribution in [2.75, 3.05) is 25.0 Å². The SMILES string of the molecule is Cc1nccnc1NCC1CCCNC1.Cl. The van der Waals surface area contributed by atoms with Crippen LogP contribution in [-0.2, 0) is 0 Å². The van der Waals surface area contributed by atoms with Crippen molar-refractivity contribution in [3.05, 3.63) is 18.1 Å². The predicted octanol–water partition coefficient (Wildman–Crippen LogP) is 1.62. The van der Waals surface area contributed by atoms with E-state index in [-0.39, 0.29) is 12.4 Å². The normalized spacial score (nSPS) is 19.9. The van der Waals surface area contributed by atoms with Gasteiger partial charge in [0, 0.05) is 18.9 Å². The van der Waals surface area contributed by atoms with Crippen molar-refractivity contribution in [3.63, 3.8) is 0 Å². The molecule has 1 aromatic heterocycles. The fourth-order valence-electron chi connectivity index (χ4n) is 1.92. The quantitative estimate of drug-likeness (QED) is 0.846. The molecule has 0 saturated carbocycles. The molecule has 0 bridgehead atoms. The molecule has 1 atom stereocenters. The highest BCUT2D eigenvalue weighted by molar-refractivity contribution is 5.85. The van der Waals surface area contributed by atoms with E-state index in [9.17, 15) is 0 Å². The Balaban J connectivity index is 0.00000128. The third-order valence-corrected chi connectivity index (χ3v) is 2.84. The number of hydrogen-bond acceptors (Lipinski definition) is 4. The molecule has 1 aliphatic heterocycles. The third kappa shape index (κ3) is 3.61. The Morgan fingerprint density at radius 2 is 2.25 bits per heavy atom. The van der Waals surface area contributed by atoms with Gasteiger partial charge in [-0.2, -0.15) is 0 Å². The highest BCUT2D eigenvalue weighted by Gasteiger charge is 2.12. The average molecular weight is 243 g/mol. The summed E-state index contributed by atoms with van der Waals surface area (Å²) in [6.07, 6.45) is 6.04. The van der Waals surface area contributed by atoms with Crippen LogP contribution < -0.4 is 10.6 Å². The fourth-order valence-corrected chi connectivity index (χ4v) is 1.92. The lowest BCUT2D eigenvalue weighted by atomic mass is 10.00. The van der Waals surface area contributed by atoms with Crippen LogP contribution in [0.25, 0.3) is 0 Å². The van der Waals surface area contributed by atoms with Gasteiger partial charge in [0.15, 0.2) is 0 Å². The van der Waals surface area contributed by atoms with Crippen LogP contribution in [0.2, 0.25) is 0 Å². The second-order valence-electron chi connectivity index (χ2n) is 4.08. The van der Waals surface area contributed by atoms with E-state index in [0.717, 1.165) is 30.5 Å². The van der Waals surface area contributed by atoms with Gasteiger partial charge < -0.3 is 10.6 Å². The molecule has 1 unspecified atom stereocenters. The van der Waals surface area contributed by atoms with Crippen LogP contribution in [0.15, 0.2) is 12.4 Å². The summed E-state index contributed by atoms with van der Waals surface area (Å²) >= 11 is 0. The summed E-state index contributed by atoms with van der Waals surface area (Å²) in [5.74, 6) is 1.64. The van der Waals surface area contributed by atoms with Crippen molar-refractivity contribution in [2.24, 2.45) is 5.92 Å². The van der Waals surface area contributed by atoms with Crippen molar-refractivity contribution in [1.82, 2.24) is 15.3 Å². The summed E-state index contributed by atoms with van der Waals surface area (Å²) < 4.78 is 0. The standard InChI is InChI=1S/C11H18N4.ClH/c1-9-11(14-6-5-13-9)15-8-10-3-2-4-12-7-10;/h5-6,10,12H,2-4,7-8H2,1H3,(H,14,15);1H. The van der Waals surface area contributed by atoms with Gasteiger partial charge in [0.05, 0.1) is 5.69 Å². The predicted molar refractivity (Wildman–Crippen MR) is 68.1 cm³/mol. The number of aryl methyl sites for hydroxylation is 1. The van der Waals surface area contributed by atoms with Gasteiger partial charge in [-0.3, -0.25) is 4.98 Å². The highest BCUT2D eigenvalue weighted by Crippen LogP contribution is 2.12. The molecule has 5 heteroatoms. The molecule has 0 amide bonds. The molecule has 4 nitrogen and oxygen atoms in total. The van der Waals surface area contributed by atoms with E-state index >= 15 is 0 Å². The molecule has 2 heterocycles. The van der Waals surface area contributed by atoms with Crippen LogP contribution in [0.1, 0.15) is 18.5 Å². The first-order valence-corrected chi connectivity index (χ1v) is 5.58. The van der Waals surface area contributed by atoms with Crippen LogP contribution in [0.3, 0.4) is 0 Å². The maximum atomic E-state index is 4.27. The number of aromatic nitrogens is 2. The average Bonchev–Trinajstić information content (AvgIpc) is 2.29. The van der Waals surface area contributed by atoms with Gasteiger partial charge in [0.2, 0.25) is 0 Å². The smallest absolute Gasteiger partial charge is 0.147 e. The molecule has 1 fully saturated rings. The monoisotopic (exact) mass is 242 g/mol. The Labute approximate surface area is 103 Å².